The Kier molecular flexibility index (Phi) is 5.27. The second-order valence-corrected chi connectivity index (χ2v) is 7.13. The summed E-state index contributed by atoms with van der Waals surface area (Å²) in [5.74, 6) is 1.04. The number of carbonyl (C=O) groups is 1. The first-order valence-electron chi connectivity index (χ1n) is 8.40. The van der Waals surface area contributed by atoms with Gasteiger partial charge in [-0.2, -0.15) is 5.26 Å². The molecule has 21 heavy (non-hydrogen) atoms. The second-order valence-electron chi connectivity index (χ2n) is 7.13. The minimum atomic E-state index is -0.285. The molecule has 1 amide bonds. The molecule has 1 saturated carbocycles. The van der Waals surface area contributed by atoms with E-state index in [1.165, 1.54) is 19.3 Å². The first kappa shape index (κ1) is 16.3. The van der Waals surface area contributed by atoms with Gasteiger partial charge < -0.3 is 5.32 Å². The predicted molar refractivity (Wildman–Crippen MR) is 83.5 cm³/mol. The summed E-state index contributed by atoms with van der Waals surface area (Å²) in [6.45, 7) is 6.05. The summed E-state index contributed by atoms with van der Waals surface area (Å²) in [5, 5.41) is 12.3. The van der Waals surface area contributed by atoms with Crippen LogP contribution < -0.4 is 5.32 Å². The van der Waals surface area contributed by atoms with Gasteiger partial charge in [-0.1, -0.05) is 19.8 Å². The Morgan fingerprint density at radius 2 is 2.24 bits per heavy atom. The third-order valence-electron chi connectivity index (χ3n) is 5.54. The average molecular weight is 291 g/mol. The quantitative estimate of drug-likeness (QED) is 0.866. The van der Waals surface area contributed by atoms with Gasteiger partial charge in [0.05, 0.1) is 17.4 Å². The number of likely N-dealkylation sites (tertiary alicyclic amines) is 1. The highest BCUT2D eigenvalue weighted by Crippen LogP contribution is 2.39. The highest BCUT2D eigenvalue weighted by atomic mass is 16.2. The van der Waals surface area contributed by atoms with E-state index in [9.17, 15) is 10.1 Å². The number of nitrogens with one attached hydrogen (secondary N) is 1. The maximum absolute atomic E-state index is 12.1. The molecular weight excluding hydrogens is 262 g/mol. The van der Waals surface area contributed by atoms with Crippen LogP contribution >= 0.6 is 0 Å². The van der Waals surface area contributed by atoms with Crippen LogP contribution in [0.15, 0.2) is 0 Å². The topological polar surface area (TPSA) is 56.1 Å². The Bertz CT molecular complexity index is 417. The first-order chi connectivity index (χ1) is 10.0. The number of rotatable bonds is 4. The fourth-order valence-corrected chi connectivity index (χ4v) is 4.22. The van der Waals surface area contributed by atoms with Crippen molar-refractivity contribution in [2.75, 3.05) is 20.1 Å². The largest absolute Gasteiger partial charge is 0.359 e. The van der Waals surface area contributed by atoms with Crippen LogP contribution in [0.3, 0.4) is 0 Å². The van der Waals surface area contributed by atoms with Gasteiger partial charge in [-0.25, -0.2) is 0 Å². The van der Waals surface area contributed by atoms with Crippen molar-refractivity contribution in [1.29, 1.82) is 5.26 Å². The molecule has 2 fully saturated rings. The molecule has 0 spiro atoms. The monoisotopic (exact) mass is 291 g/mol. The minimum absolute atomic E-state index is 0.138. The summed E-state index contributed by atoms with van der Waals surface area (Å²) in [5.41, 5.74) is -0.285. The normalized spacial score (nSPS) is 37.1. The van der Waals surface area contributed by atoms with Gasteiger partial charge in [-0.3, -0.25) is 9.69 Å². The molecule has 0 aromatic rings. The number of nitriles is 1. The van der Waals surface area contributed by atoms with Crippen molar-refractivity contribution in [2.45, 2.75) is 58.4 Å². The van der Waals surface area contributed by atoms with Gasteiger partial charge in [0, 0.05) is 19.6 Å². The SMILES string of the molecule is CCCC1CCC(C#N)C(N2CCC(C)(C(=O)NC)C2)C1. The molecule has 2 rings (SSSR count). The van der Waals surface area contributed by atoms with Crippen molar-refractivity contribution in [3.8, 4) is 6.07 Å². The van der Waals surface area contributed by atoms with Crippen LogP contribution in [0.1, 0.15) is 52.4 Å². The molecule has 4 unspecified atom stereocenters. The molecule has 1 N–H and O–H groups in total. The van der Waals surface area contributed by atoms with E-state index in [1.54, 1.807) is 7.05 Å². The van der Waals surface area contributed by atoms with Gasteiger partial charge in [0.15, 0.2) is 0 Å². The lowest BCUT2D eigenvalue weighted by molar-refractivity contribution is -0.129. The average Bonchev–Trinajstić information content (AvgIpc) is 2.90. The third-order valence-corrected chi connectivity index (χ3v) is 5.54. The molecule has 1 heterocycles. The van der Waals surface area contributed by atoms with Crippen LogP contribution in [0, 0.1) is 28.6 Å². The number of hydrogen-bond acceptors (Lipinski definition) is 3. The van der Waals surface area contributed by atoms with Gasteiger partial charge in [0.25, 0.3) is 0 Å². The molecule has 0 radical (unpaired) electrons. The van der Waals surface area contributed by atoms with E-state index in [2.05, 4.69) is 30.1 Å². The summed E-state index contributed by atoms with van der Waals surface area (Å²) >= 11 is 0. The third kappa shape index (κ3) is 3.40. The van der Waals surface area contributed by atoms with Crippen LogP contribution in [-0.4, -0.2) is 37.0 Å². The van der Waals surface area contributed by atoms with Crippen molar-refractivity contribution in [3.05, 3.63) is 0 Å². The van der Waals surface area contributed by atoms with Gasteiger partial charge >= 0.3 is 0 Å². The highest BCUT2D eigenvalue weighted by Gasteiger charge is 2.44. The summed E-state index contributed by atoms with van der Waals surface area (Å²) in [4.78, 5) is 14.5. The lowest BCUT2D eigenvalue weighted by Crippen LogP contribution is -2.45. The Labute approximate surface area is 128 Å². The fourth-order valence-electron chi connectivity index (χ4n) is 4.22. The van der Waals surface area contributed by atoms with Crippen molar-refractivity contribution in [2.24, 2.45) is 17.3 Å². The van der Waals surface area contributed by atoms with E-state index in [4.69, 9.17) is 0 Å². The van der Waals surface area contributed by atoms with E-state index in [0.29, 0.717) is 6.04 Å². The summed E-state index contributed by atoms with van der Waals surface area (Å²) in [6, 6.07) is 2.88. The van der Waals surface area contributed by atoms with Gasteiger partial charge in [-0.15, -0.1) is 0 Å². The van der Waals surface area contributed by atoms with Gasteiger partial charge in [0.1, 0.15) is 0 Å². The van der Waals surface area contributed by atoms with Crippen LogP contribution in [0.2, 0.25) is 0 Å². The maximum Gasteiger partial charge on any atom is 0.227 e. The smallest absolute Gasteiger partial charge is 0.227 e. The van der Waals surface area contributed by atoms with Crippen LogP contribution in [0.4, 0.5) is 0 Å². The predicted octanol–water partition coefficient (Wildman–Crippen LogP) is 2.55. The molecule has 4 heteroatoms. The van der Waals surface area contributed by atoms with Gasteiger partial charge in [-0.05, 0) is 45.1 Å². The molecular formula is C17H29N3O. The van der Waals surface area contributed by atoms with Crippen LogP contribution in [-0.2, 0) is 4.79 Å². The molecule has 0 bridgehead atoms. The molecule has 118 valence electrons. The minimum Gasteiger partial charge on any atom is -0.359 e. The van der Waals surface area contributed by atoms with Crippen molar-refractivity contribution >= 4 is 5.91 Å². The van der Waals surface area contributed by atoms with E-state index in [1.807, 2.05) is 0 Å². The lowest BCUT2D eigenvalue weighted by atomic mass is 9.76. The summed E-state index contributed by atoms with van der Waals surface area (Å²) in [6.07, 6.45) is 6.76. The fraction of sp³-hybridized carbons (Fsp3) is 0.882. The van der Waals surface area contributed by atoms with Crippen LogP contribution in [0.25, 0.3) is 0 Å². The molecule has 1 aliphatic heterocycles. The van der Waals surface area contributed by atoms with E-state index in [-0.39, 0.29) is 17.2 Å². The Morgan fingerprint density at radius 3 is 2.86 bits per heavy atom. The standard InChI is InChI=1S/C17H29N3O/c1-4-5-13-6-7-14(11-18)15(10-13)20-9-8-17(2,12-20)16(21)19-3/h13-15H,4-10,12H2,1-3H3,(H,19,21). The molecule has 4 atom stereocenters. The highest BCUT2D eigenvalue weighted by molar-refractivity contribution is 5.82. The first-order valence-corrected chi connectivity index (χ1v) is 8.40. The summed E-state index contributed by atoms with van der Waals surface area (Å²) in [7, 11) is 1.71. The van der Waals surface area contributed by atoms with E-state index < -0.39 is 0 Å². The molecule has 1 aliphatic carbocycles. The van der Waals surface area contributed by atoms with Crippen molar-refractivity contribution < 1.29 is 4.79 Å². The molecule has 0 aromatic carbocycles. The number of carbonyl (C=O) groups excluding carboxylic acids is 1. The zero-order valence-electron chi connectivity index (χ0n) is 13.7. The van der Waals surface area contributed by atoms with E-state index in [0.717, 1.165) is 38.3 Å². The number of hydrogen-bond donors (Lipinski definition) is 1. The Balaban J connectivity index is 2.05. The maximum atomic E-state index is 12.1. The summed E-state index contributed by atoms with van der Waals surface area (Å²) < 4.78 is 0. The Morgan fingerprint density at radius 1 is 1.48 bits per heavy atom. The molecule has 2 aliphatic rings. The second kappa shape index (κ2) is 6.79. The Hall–Kier alpha value is -1.08. The van der Waals surface area contributed by atoms with Crippen molar-refractivity contribution in [1.82, 2.24) is 10.2 Å². The molecule has 1 saturated heterocycles. The number of amides is 1. The van der Waals surface area contributed by atoms with Crippen LogP contribution in [0.5, 0.6) is 0 Å². The van der Waals surface area contributed by atoms with E-state index >= 15 is 0 Å². The number of nitrogens with zero attached hydrogens (tertiary/aromatic N) is 2. The zero-order valence-corrected chi connectivity index (χ0v) is 13.7. The molecule has 0 aromatic heterocycles. The zero-order chi connectivity index (χ0) is 15.5. The van der Waals surface area contributed by atoms with Crippen molar-refractivity contribution in [3.63, 3.8) is 0 Å². The van der Waals surface area contributed by atoms with Gasteiger partial charge in [0.2, 0.25) is 5.91 Å². The lowest BCUT2D eigenvalue weighted by Gasteiger charge is -2.39. The molecule has 4 nitrogen and oxygen atoms in total.